The smallest absolute Gasteiger partial charge is 0.242 e. The van der Waals surface area contributed by atoms with Crippen LogP contribution in [-0.4, -0.2) is 21.5 Å². The zero-order chi connectivity index (χ0) is 14.5. The highest BCUT2D eigenvalue weighted by Gasteiger charge is 2.15. The van der Waals surface area contributed by atoms with Gasteiger partial charge in [-0.3, -0.25) is 0 Å². The number of anilines is 2. The summed E-state index contributed by atoms with van der Waals surface area (Å²) in [6, 6.07) is 5.26. The average Bonchev–Trinajstić information content (AvgIpc) is 2.36. The van der Waals surface area contributed by atoms with Crippen LogP contribution in [-0.2, 0) is 10.0 Å². The van der Waals surface area contributed by atoms with Crippen LogP contribution in [0.2, 0.25) is 0 Å². The molecule has 0 heterocycles. The molecule has 19 heavy (non-hydrogen) atoms. The molecule has 0 radical (unpaired) electrons. The maximum atomic E-state index is 11.7. The lowest BCUT2D eigenvalue weighted by atomic mass is 10.1. The van der Waals surface area contributed by atoms with Crippen LogP contribution in [0.25, 0.3) is 0 Å². The fourth-order valence-electron chi connectivity index (χ4n) is 1.86. The molecule has 4 N–H and O–H groups in total. The van der Waals surface area contributed by atoms with Crippen molar-refractivity contribution in [3.63, 3.8) is 0 Å². The van der Waals surface area contributed by atoms with E-state index >= 15 is 0 Å². The third kappa shape index (κ3) is 4.40. The fourth-order valence-corrected chi connectivity index (χ4v) is 2.70. The Morgan fingerprint density at radius 2 is 2.05 bits per heavy atom. The monoisotopic (exact) mass is 285 g/mol. The molecule has 0 saturated carbocycles. The van der Waals surface area contributed by atoms with Crippen molar-refractivity contribution in [2.24, 2.45) is 0 Å². The van der Waals surface area contributed by atoms with E-state index in [9.17, 15) is 8.42 Å². The third-order valence-corrected chi connectivity index (χ3v) is 4.46. The van der Waals surface area contributed by atoms with Crippen molar-refractivity contribution in [1.82, 2.24) is 4.72 Å². The van der Waals surface area contributed by atoms with Gasteiger partial charge in [-0.05, 0) is 38.6 Å². The molecule has 0 bridgehead atoms. The molecular weight excluding hydrogens is 262 g/mol. The van der Waals surface area contributed by atoms with E-state index in [1.165, 1.54) is 13.1 Å². The van der Waals surface area contributed by atoms with Crippen LogP contribution >= 0.6 is 0 Å². The predicted molar refractivity (Wildman–Crippen MR) is 79.7 cm³/mol. The molecule has 5 nitrogen and oxygen atoms in total. The first-order valence-electron chi connectivity index (χ1n) is 6.50. The van der Waals surface area contributed by atoms with Crippen LogP contribution in [0.5, 0.6) is 0 Å². The van der Waals surface area contributed by atoms with Gasteiger partial charge in [0, 0.05) is 11.7 Å². The molecule has 0 aliphatic rings. The number of unbranched alkanes of at least 4 members (excludes halogenated alkanes) is 1. The molecular formula is C13H23N3O2S. The summed E-state index contributed by atoms with van der Waals surface area (Å²) in [6.45, 7) is 4.26. The van der Waals surface area contributed by atoms with Crippen LogP contribution < -0.4 is 15.8 Å². The topological polar surface area (TPSA) is 84.2 Å². The lowest BCUT2D eigenvalue weighted by Gasteiger charge is -2.16. The van der Waals surface area contributed by atoms with Gasteiger partial charge in [-0.2, -0.15) is 0 Å². The molecule has 0 saturated heterocycles. The highest BCUT2D eigenvalue weighted by molar-refractivity contribution is 7.89. The SMILES string of the molecule is CCCCC(C)Nc1ccc(S(=O)(=O)NC)c(N)c1. The van der Waals surface area contributed by atoms with E-state index in [4.69, 9.17) is 5.73 Å². The van der Waals surface area contributed by atoms with Gasteiger partial charge >= 0.3 is 0 Å². The standard InChI is InChI=1S/C13H23N3O2S/c1-4-5-6-10(2)16-11-7-8-13(12(14)9-11)19(17,18)15-3/h7-10,15-16H,4-6,14H2,1-3H3. The number of nitrogen functional groups attached to an aromatic ring is 1. The van der Waals surface area contributed by atoms with Gasteiger partial charge in [0.1, 0.15) is 4.90 Å². The maximum absolute atomic E-state index is 11.7. The predicted octanol–water partition coefficient (Wildman–Crippen LogP) is 2.17. The van der Waals surface area contributed by atoms with Gasteiger partial charge < -0.3 is 11.1 Å². The molecule has 0 spiro atoms. The first kappa shape index (κ1) is 15.8. The Morgan fingerprint density at radius 3 is 2.58 bits per heavy atom. The highest BCUT2D eigenvalue weighted by Crippen LogP contribution is 2.23. The Morgan fingerprint density at radius 1 is 1.37 bits per heavy atom. The average molecular weight is 285 g/mol. The molecule has 1 unspecified atom stereocenters. The van der Waals surface area contributed by atoms with Gasteiger partial charge in [0.05, 0.1) is 5.69 Å². The van der Waals surface area contributed by atoms with E-state index in [2.05, 4.69) is 23.9 Å². The minimum Gasteiger partial charge on any atom is -0.398 e. The van der Waals surface area contributed by atoms with E-state index in [-0.39, 0.29) is 10.6 Å². The Kier molecular flexibility index (Phi) is 5.62. The molecule has 1 atom stereocenters. The minimum absolute atomic E-state index is 0.113. The van der Waals surface area contributed by atoms with Gasteiger partial charge in [-0.25, -0.2) is 13.1 Å². The first-order chi connectivity index (χ1) is 8.90. The van der Waals surface area contributed by atoms with E-state index in [0.29, 0.717) is 6.04 Å². The van der Waals surface area contributed by atoms with Crippen molar-refractivity contribution in [1.29, 1.82) is 0 Å². The van der Waals surface area contributed by atoms with E-state index in [1.807, 2.05) is 0 Å². The van der Waals surface area contributed by atoms with Gasteiger partial charge in [0.25, 0.3) is 0 Å². The van der Waals surface area contributed by atoms with E-state index in [0.717, 1.165) is 24.9 Å². The number of benzene rings is 1. The van der Waals surface area contributed by atoms with Crippen molar-refractivity contribution in [3.05, 3.63) is 18.2 Å². The molecule has 108 valence electrons. The Bertz CT molecular complexity index is 515. The molecule has 6 heteroatoms. The normalized spacial score (nSPS) is 13.2. The highest BCUT2D eigenvalue weighted by atomic mass is 32.2. The number of nitrogens with one attached hydrogen (secondary N) is 2. The largest absolute Gasteiger partial charge is 0.398 e. The fraction of sp³-hybridized carbons (Fsp3) is 0.538. The van der Waals surface area contributed by atoms with Gasteiger partial charge in [-0.15, -0.1) is 0 Å². The van der Waals surface area contributed by atoms with Crippen LogP contribution in [0.3, 0.4) is 0 Å². The summed E-state index contributed by atoms with van der Waals surface area (Å²) in [5.74, 6) is 0. The van der Waals surface area contributed by atoms with E-state index in [1.54, 1.807) is 12.1 Å². The van der Waals surface area contributed by atoms with Crippen LogP contribution in [0.1, 0.15) is 33.1 Å². The van der Waals surface area contributed by atoms with Crippen molar-refractivity contribution < 1.29 is 8.42 Å². The van der Waals surface area contributed by atoms with E-state index < -0.39 is 10.0 Å². The summed E-state index contributed by atoms with van der Waals surface area (Å²) in [6.07, 6.45) is 3.40. The molecule has 1 aromatic rings. The number of nitrogens with two attached hydrogens (primary N) is 1. The maximum Gasteiger partial charge on any atom is 0.242 e. The Balaban J connectivity index is 2.83. The lowest BCUT2D eigenvalue weighted by Crippen LogP contribution is -2.20. The summed E-state index contributed by atoms with van der Waals surface area (Å²) >= 11 is 0. The quantitative estimate of drug-likeness (QED) is 0.670. The second kappa shape index (κ2) is 6.77. The van der Waals surface area contributed by atoms with Crippen LogP contribution in [0.4, 0.5) is 11.4 Å². The summed E-state index contributed by atoms with van der Waals surface area (Å²) in [4.78, 5) is 0.113. The lowest BCUT2D eigenvalue weighted by molar-refractivity contribution is 0.588. The Labute approximate surface area is 115 Å². The number of sulfonamides is 1. The summed E-state index contributed by atoms with van der Waals surface area (Å²) in [5.41, 5.74) is 6.90. The van der Waals surface area contributed by atoms with Crippen molar-refractivity contribution in [3.8, 4) is 0 Å². The Hall–Kier alpha value is -1.27. The molecule has 0 aliphatic carbocycles. The number of hydrogen-bond acceptors (Lipinski definition) is 4. The van der Waals surface area contributed by atoms with Gasteiger partial charge in [0.2, 0.25) is 10.0 Å². The van der Waals surface area contributed by atoms with Crippen LogP contribution in [0.15, 0.2) is 23.1 Å². The van der Waals surface area contributed by atoms with Gasteiger partial charge in [0.15, 0.2) is 0 Å². The second-order valence-electron chi connectivity index (χ2n) is 4.65. The molecule has 0 aromatic heterocycles. The molecule has 1 rings (SSSR count). The van der Waals surface area contributed by atoms with Crippen molar-refractivity contribution in [2.45, 2.75) is 44.0 Å². The number of hydrogen-bond donors (Lipinski definition) is 3. The van der Waals surface area contributed by atoms with Crippen molar-refractivity contribution >= 4 is 21.4 Å². The molecule has 0 amide bonds. The molecule has 0 aliphatic heterocycles. The van der Waals surface area contributed by atoms with Crippen LogP contribution in [0, 0.1) is 0 Å². The minimum atomic E-state index is -3.49. The summed E-state index contributed by atoms with van der Waals surface area (Å²) in [5, 5.41) is 3.32. The zero-order valence-corrected chi connectivity index (χ0v) is 12.5. The number of rotatable bonds is 7. The first-order valence-corrected chi connectivity index (χ1v) is 7.98. The molecule has 0 fully saturated rings. The van der Waals surface area contributed by atoms with Crippen molar-refractivity contribution in [2.75, 3.05) is 18.1 Å². The second-order valence-corrected chi connectivity index (χ2v) is 6.50. The van der Waals surface area contributed by atoms with Gasteiger partial charge in [-0.1, -0.05) is 19.8 Å². The summed E-state index contributed by atoms with van der Waals surface area (Å²) in [7, 11) is -2.12. The summed E-state index contributed by atoms with van der Waals surface area (Å²) < 4.78 is 25.6. The third-order valence-electron chi connectivity index (χ3n) is 2.97. The zero-order valence-electron chi connectivity index (χ0n) is 11.7. The molecule has 1 aromatic carbocycles.